The third-order valence-electron chi connectivity index (χ3n) is 4.15. The van der Waals surface area contributed by atoms with Gasteiger partial charge in [-0.2, -0.15) is 0 Å². The molecule has 0 heterocycles. The molecule has 0 radical (unpaired) electrons. The lowest BCUT2D eigenvalue weighted by Crippen LogP contribution is -3.11. The van der Waals surface area contributed by atoms with Crippen molar-refractivity contribution in [2.45, 2.75) is 18.9 Å². The van der Waals surface area contributed by atoms with Crippen molar-refractivity contribution >= 4 is 17.5 Å². The van der Waals surface area contributed by atoms with E-state index in [2.05, 4.69) is 10.6 Å². The lowest BCUT2D eigenvalue weighted by molar-refractivity contribution is -0.862. The van der Waals surface area contributed by atoms with Crippen molar-refractivity contribution in [1.29, 1.82) is 0 Å². The molecule has 130 valence electrons. The Balaban J connectivity index is 1.58. The van der Waals surface area contributed by atoms with Gasteiger partial charge in [-0.05, 0) is 24.5 Å². The molecule has 0 saturated heterocycles. The molecular weight excluding hydrogens is 314 g/mol. The number of benzene rings is 2. The number of amides is 2. The van der Waals surface area contributed by atoms with Gasteiger partial charge in [-0.1, -0.05) is 48.5 Å². The summed E-state index contributed by atoms with van der Waals surface area (Å²) in [6.45, 7) is 0.561. The van der Waals surface area contributed by atoms with Crippen LogP contribution in [-0.2, 0) is 9.59 Å². The van der Waals surface area contributed by atoms with Crippen LogP contribution in [0.3, 0.4) is 0 Å². The van der Waals surface area contributed by atoms with E-state index in [1.807, 2.05) is 61.6 Å². The highest BCUT2D eigenvalue weighted by Crippen LogP contribution is 2.27. The van der Waals surface area contributed by atoms with Crippen LogP contribution in [0, 0.1) is 0 Å². The molecule has 1 fully saturated rings. The number of hydrogen-bond donors (Lipinski definition) is 3. The molecule has 0 aliphatic heterocycles. The van der Waals surface area contributed by atoms with Crippen LogP contribution in [0.4, 0.5) is 5.69 Å². The minimum atomic E-state index is -0.0971. The number of rotatable bonds is 7. The van der Waals surface area contributed by atoms with Crippen molar-refractivity contribution in [3.63, 3.8) is 0 Å². The number of likely N-dealkylation sites (N-methyl/N-ethyl adjacent to an activating group) is 1. The maximum Gasteiger partial charge on any atom is 0.279 e. The van der Waals surface area contributed by atoms with Crippen LogP contribution in [-0.4, -0.2) is 38.0 Å². The van der Waals surface area contributed by atoms with Crippen molar-refractivity contribution in [1.82, 2.24) is 5.32 Å². The zero-order valence-corrected chi connectivity index (χ0v) is 14.4. The summed E-state index contributed by atoms with van der Waals surface area (Å²) in [5, 5.41) is 5.92. The van der Waals surface area contributed by atoms with Crippen molar-refractivity contribution in [2.24, 2.45) is 0 Å². The maximum absolute atomic E-state index is 12.4. The van der Waals surface area contributed by atoms with Crippen LogP contribution >= 0.6 is 0 Å². The molecule has 2 amide bonds. The molecule has 2 aromatic rings. The second-order valence-corrected chi connectivity index (χ2v) is 6.61. The third-order valence-corrected chi connectivity index (χ3v) is 4.15. The number of anilines is 1. The van der Waals surface area contributed by atoms with Crippen molar-refractivity contribution < 1.29 is 14.5 Å². The van der Waals surface area contributed by atoms with E-state index in [9.17, 15) is 9.59 Å². The van der Waals surface area contributed by atoms with Crippen LogP contribution in [0.1, 0.15) is 12.8 Å². The first-order valence-corrected chi connectivity index (χ1v) is 8.67. The Kier molecular flexibility index (Phi) is 5.46. The Morgan fingerprint density at radius 2 is 1.60 bits per heavy atom. The molecule has 25 heavy (non-hydrogen) atoms. The van der Waals surface area contributed by atoms with Gasteiger partial charge in [0.15, 0.2) is 13.1 Å². The second kappa shape index (κ2) is 7.94. The van der Waals surface area contributed by atoms with Crippen molar-refractivity contribution in [3.05, 3.63) is 54.6 Å². The highest BCUT2D eigenvalue weighted by Gasteiger charge is 2.25. The fraction of sp³-hybridized carbons (Fsp3) is 0.300. The van der Waals surface area contributed by atoms with E-state index in [1.54, 1.807) is 0 Å². The SMILES string of the molecule is C[NH+](CC(=O)Nc1ccccc1-c1ccccc1)CC(=O)NC1CC1. The number of hydrogen-bond acceptors (Lipinski definition) is 2. The monoisotopic (exact) mass is 338 g/mol. The zero-order chi connectivity index (χ0) is 17.6. The Hall–Kier alpha value is -2.66. The van der Waals surface area contributed by atoms with Crippen LogP contribution in [0.5, 0.6) is 0 Å². The molecule has 0 bridgehead atoms. The third kappa shape index (κ3) is 5.16. The standard InChI is InChI=1S/C20H23N3O2/c1-23(13-19(24)21-16-11-12-16)14-20(25)22-18-10-6-5-9-17(18)15-7-3-2-4-8-15/h2-10,16H,11-14H2,1H3,(H,21,24)(H,22,25)/p+1. The number of nitrogens with one attached hydrogen (secondary N) is 3. The topological polar surface area (TPSA) is 62.6 Å². The number of para-hydroxylation sites is 1. The lowest BCUT2D eigenvalue weighted by Gasteiger charge is -2.15. The van der Waals surface area contributed by atoms with E-state index in [0.717, 1.165) is 34.6 Å². The summed E-state index contributed by atoms with van der Waals surface area (Å²) in [6, 6.07) is 18.1. The number of carbonyl (C=O) groups is 2. The molecule has 3 rings (SSSR count). The summed E-state index contributed by atoms with van der Waals surface area (Å²) >= 11 is 0. The van der Waals surface area contributed by atoms with E-state index in [1.165, 1.54) is 0 Å². The first-order chi connectivity index (χ1) is 12.1. The minimum Gasteiger partial charge on any atom is -0.348 e. The Labute approximate surface area is 148 Å². The average molecular weight is 338 g/mol. The van der Waals surface area contributed by atoms with E-state index in [4.69, 9.17) is 0 Å². The Morgan fingerprint density at radius 1 is 0.960 bits per heavy atom. The summed E-state index contributed by atoms with van der Waals surface area (Å²) in [7, 11) is 1.86. The molecule has 0 aromatic heterocycles. The Morgan fingerprint density at radius 3 is 2.32 bits per heavy atom. The number of carbonyl (C=O) groups excluding carboxylic acids is 2. The summed E-state index contributed by atoms with van der Waals surface area (Å²) in [5.41, 5.74) is 2.83. The molecule has 5 heteroatoms. The smallest absolute Gasteiger partial charge is 0.279 e. The normalized spacial score (nSPS) is 14.6. The van der Waals surface area contributed by atoms with Gasteiger partial charge >= 0.3 is 0 Å². The fourth-order valence-corrected chi connectivity index (χ4v) is 2.77. The summed E-state index contributed by atoms with van der Waals surface area (Å²) in [4.78, 5) is 25.0. The van der Waals surface area contributed by atoms with Gasteiger partial charge in [0, 0.05) is 17.3 Å². The van der Waals surface area contributed by atoms with Gasteiger partial charge in [0.1, 0.15) is 0 Å². The first kappa shape index (κ1) is 17.2. The van der Waals surface area contributed by atoms with Crippen LogP contribution in [0.25, 0.3) is 11.1 Å². The van der Waals surface area contributed by atoms with Gasteiger partial charge in [0.25, 0.3) is 11.8 Å². The molecule has 1 saturated carbocycles. The molecule has 3 N–H and O–H groups in total. The predicted molar refractivity (Wildman–Crippen MR) is 98.3 cm³/mol. The zero-order valence-electron chi connectivity index (χ0n) is 14.4. The van der Waals surface area contributed by atoms with Gasteiger partial charge < -0.3 is 15.5 Å². The fourth-order valence-electron chi connectivity index (χ4n) is 2.77. The molecular formula is C20H24N3O2+. The largest absolute Gasteiger partial charge is 0.348 e. The minimum absolute atomic E-state index is 0.0116. The van der Waals surface area contributed by atoms with Crippen LogP contribution in [0.2, 0.25) is 0 Å². The molecule has 1 aliphatic rings. The van der Waals surface area contributed by atoms with Crippen molar-refractivity contribution in [3.8, 4) is 11.1 Å². The second-order valence-electron chi connectivity index (χ2n) is 6.61. The molecule has 1 atom stereocenters. The quantitative estimate of drug-likeness (QED) is 0.708. The van der Waals surface area contributed by atoms with Gasteiger partial charge in [-0.25, -0.2) is 0 Å². The average Bonchev–Trinajstić information content (AvgIpc) is 3.39. The van der Waals surface area contributed by atoms with E-state index in [-0.39, 0.29) is 18.4 Å². The first-order valence-electron chi connectivity index (χ1n) is 8.67. The molecule has 2 aromatic carbocycles. The predicted octanol–water partition coefficient (Wildman–Crippen LogP) is 1.09. The number of quaternary nitrogens is 1. The summed E-state index contributed by atoms with van der Waals surface area (Å²) in [5.74, 6) is -0.0856. The highest BCUT2D eigenvalue weighted by atomic mass is 16.2. The van der Waals surface area contributed by atoms with E-state index in [0.29, 0.717) is 12.6 Å². The van der Waals surface area contributed by atoms with Crippen LogP contribution < -0.4 is 15.5 Å². The van der Waals surface area contributed by atoms with E-state index >= 15 is 0 Å². The van der Waals surface area contributed by atoms with Gasteiger partial charge in [-0.3, -0.25) is 9.59 Å². The molecule has 0 spiro atoms. The summed E-state index contributed by atoms with van der Waals surface area (Å²) in [6.07, 6.45) is 2.14. The Bertz CT molecular complexity index is 742. The summed E-state index contributed by atoms with van der Waals surface area (Å²) < 4.78 is 0. The molecule has 5 nitrogen and oxygen atoms in total. The van der Waals surface area contributed by atoms with Crippen molar-refractivity contribution in [2.75, 3.05) is 25.5 Å². The van der Waals surface area contributed by atoms with E-state index < -0.39 is 0 Å². The van der Waals surface area contributed by atoms with Gasteiger partial charge in [0.05, 0.1) is 7.05 Å². The van der Waals surface area contributed by atoms with Gasteiger partial charge in [-0.15, -0.1) is 0 Å². The highest BCUT2D eigenvalue weighted by molar-refractivity contribution is 5.96. The lowest BCUT2D eigenvalue weighted by atomic mass is 10.0. The molecule has 1 aliphatic carbocycles. The van der Waals surface area contributed by atoms with Crippen LogP contribution in [0.15, 0.2) is 54.6 Å². The van der Waals surface area contributed by atoms with Gasteiger partial charge in [0.2, 0.25) is 0 Å². The maximum atomic E-state index is 12.4. The molecule has 1 unspecified atom stereocenters.